The Bertz CT molecular complexity index is 117. The molecule has 0 aromatic rings. The summed E-state index contributed by atoms with van der Waals surface area (Å²) in [4.78, 5) is 9.80. The molecule has 0 saturated heterocycles. The number of carbonyl (C=O) groups is 1. The van der Waals surface area contributed by atoms with Gasteiger partial charge in [0.1, 0.15) is 0 Å². The standard InChI is InChI=1S/C9H18O3.K/c1-2-3-4-5-6-7-8-12-9(10)11;/h2-8H2,1H3,(H,10,11);/q;+1/p-1. The molecule has 0 aromatic heterocycles. The van der Waals surface area contributed by atoms with Crippen molar-refractivity contribution in [2.75, 3.05) is 6.61 Å². The van der Waals surface area contributed by atoms with Crippen LogP contribution in [0.25, 0.3) is 0 Å². The molecule has 0 spiro atoms. The summed E-state index contributed by atoms with van der Waals surface area (Å²) in [6, 6.07) is 0. The molecule has 0 unspecified atom stereocenters. The van der Waals surface area contributed by atoms with Gasteiger partial charge in [-0.05, 0) is 6.42 Å². The van der Waals surface area contributed by atoms with Crippen LogP contribution < -0.4 is 56.5 Å². The molecule has 0 rings (SSSR count). The molecule has 3 nitrogen and oxygen atoms in total. The first-order chi connectivity index (χ1) is 5.77. The number of hydrogen-bond acceptors (Lipinski definition) is 3. The van der Waals surface area contributed by atoms with Crippen molar-refractivity contribution in [1.82, 2.24) is 0 Å². The van der Waals surface area contributed by atoms with Crippen molar-refractivity contribution in [2.45, 2.75) is 45.4 Å². The molecule has 0 bridgehead atoms. The number of carboxylic acid groups (broad SMARTS) is 1. The van der Waals surface area contributed by atoms with Gasteiger partial charge in [-0.2, -0.15) is 0 Å². The summed E-state index contributed by atoms with van der Waals surface area (Å²) in [5.41, 5.74) is 0. The van der Waals surface area contributed by atoms with Crippen LogP contribution in [-0.4, -0.2) is 12.8 Å². The fourth-order valence-electron chi connectivity index (χ4n) is 1.04. The summed E-state index contributed by atoms with van der Waals surface area (Å²) in [6.45, 7) is 2.45. The molecule has 0 aliphatic heterocycles. The number of hydrogen-bond donors (Lipinski definition) is 0. The van der Waals surface area contributed by atoms with Crippen LogP contribution in [0.2, 0.25) is 0 Å². The zero-order valence-corrected chi connectivity index (χ0v) is 11.8. The van der Waals surface area contributed by atoms with Gasteiger partial charge in [0.05, 0.1) is 0 Å². The second-order valence-electron chi connectivity index (χ2n) is 2.87. The molecule has 0 amide bonds. The van der Waals surface area contributed by atoms with Crippen LogP contribution in [0, 0.1) is 0 Å². The van der Waals surface area contributed by atoms with Gasteiger partial charge in [0, 0.05) is 6.61 Å². The molecule has 0 saturated carbocycles. The third-order valence-electron chi connectivity index (χ3n) is 1.72. The summed E-state index contributed by atoms with van der Waals surface area (Å²) in [7, 11) is 0. The topological polar surface area (TPSA) is 49.4 Å². The summed E-state index contributed by atoms with van der Waals surface area (Å²) in [5, 5.41) is 9.80. The van der Waals surface area contributed by atoms with Crippen molar-refractivity contribution in [3.8, 4) is 0 Å². The van der Waals surface area contributed by atoms with Crippen LogP contribution in [0.5, 0.6) is 0 Å². The first-order valence-electron chi connectivity index (χ1n) is 4.61. The molecule has 0 aliphatic rings. The summed E-state index contributed by atoms with van der Waals surface area (Å²) in [6.07, 6.45) is 5.36. The average molecular weight is 212 g/mol. The zero-order chi connectivity index (χ0) is 9.23. The van der Waals surface area contributed by atoms with Crippen LogP contribution in [0.15, 0.2) is 0 Å². The van der Waals surface area contributed by atoms with E-state index < -0.39 is 6.16 Å². The van der Waals surface area contributed by atoms with Crippen molar-refractivity contribution in [3.05, 3.63) is 0 Å². The fourth-order valence-corrected chi connectivity index (χ4v) is 1.04. The van der Waals surface area contributed by atoms with Gasteiger partial charge >= 0.3 is 51.4 Å². The van der Waals surface area contributed by atoms with Gasteiger partial charge in [0.25, 0.3) is 6.16 Å². The Kier molecular flexibility index (Phi) is 16.2. The second kappa shape index (κ2) is 12.9. The maximum absolute atomic E-state index is 9.80. The Balaban J connectivity index is 0. The molecule has 0 aliphatic carbocycles. The molecule has 72 valence electrons. The van der Waals surface area contributed by atoms with Gasteiger partial charge in [-0.15, -0.1) is 0 Å². The molecule has 0 aromatic carbocycles. The van der Waals surface area contributed by atoms with E-state index in [4.69, 9.17) is 0 Å². The Morgan fingerprint density at radius 1 is 1.15 bits per heavy atom. The third kappa shape index (κ3) is 15.6. The van der Waals surface area contributed by atoms with E-state index in [1.807, 2.05) is 0 Å². The van der Waals surface area contributed by atoms with Crippen LogP contribution in [-0.2, 0) is 4.74 Å². The molecule has 4 heteroatoms. The van der Waals surface area contributed by atoms with Crippen molar-refractivity contribution >= 4 is 6.16 Å². The molecule has 0 radical (unpaired) electrons. The largest absolute Gasteiger partial charge is 1.00 e. The molecule has 0 fully saturated rings. The van der Waals surface area contributed by atoms with Gasteiger partial charge in [0.2, 0.25) is 0 Å². The zero-order valence-electron chi connectivity index (χ0n) is 8.67. The Hall–Kier alpha value is 0.906. The van der Waals surface area contributed by atoms with Crippen LogP contribution in [0.1, 0.15) is 45.4 Å². The van der Waals surface area contributed by atoms with E-state index in [-0.39, 0.29) is 58.0 Å². The Morgan fingerprint density at radius 2 is 1.69 bits per heavy atom. The average Bonchev–Trinajstić information content (AvgIpc) is 2.02. The smallest absolute Gasteiger partial charge is 0.550 e. The quantitative estimate of drug-likeness (QED) is 0.300. The first kappa shape index (κ1) is 16.3. The van der Waals surface area contributed by atoms with E-state index in [9.17, 15) is 9.90 Å². The minimum absolute atomic E-state index is 0. The Morgan fingerprint density at radius 3 is 2.23 bits per heavy atom. The SMILES string of the molecule is CCCCCCCCOC(=O)[O-].[K+]. The molecule has 0 heterocycles. The van der Waals surface area contributed by atoms with Gasteiger partial charge in [-0.3, -0.25) is 0 Å². The maximum atomic E-state index is 9.80. The van der Waals surface area contributed by atoms with E-state index in [1.165, 1.54) is 25.7 Å². The molecule has 0 atom stereocenters. The van der Waals surface area contributed by atoms with E-state index in [0.29, 0.717) is 0 Å². The number of unbranched alkanes of at least 4 members (excludes halogenated alkanes) is 5. The van der Waals surface area contributed by atoms with Crippen molar-refractivity contribution in [2.24, 2.45) is 0 Å². The molecule has 13 heavy (non-hydrogen) atoms. The normalized spacial score (nSPS) is 9.00. The van der Waals surface area contributed by atoms with Crippen molar-refractivity contribution < 1.29 is 66.0 Å². The van der Waals surface area contributed by atoms with E-state index in [1.54, 1.807) is 0 Å². The molecular weight excluding hydrogens is 195 g/mol. The van der Waals surface area contributed by atoms with Crippen LogP contribution >= 0.6 is 0 Å². The van der Waals surface area contributed by atoms with Gasteiger partial charge in [0.15, 0.2) is 0 Å². The fraction of sp³-hybridized carbons (Fsp3) is 0.889. The predicted molar refractivity (Wildman–Crippen MR) is 44.7 cm³/mol. The second-order valence-corrected chi connectivity index (χ2v) is 2.87. The predicted octanol–water partition coefficient (Wildman–Crippen LogP) is -1.29. The molecular formula is C9H17KO3. The number of carbonyl (C=O) groups excluding carboxylic acids is 1. The third-order valence-corrected chi connectivity index (χ3v) is 1.72. The van der Waals surface area contributed by atoms with Crippen molar-refractivity contribution in [1.29, 1.82) is 0 Å². The van der Waals surface area contributed by atoms with E-state index in [0.717, 1.165) is 12.8 Å². The Labute approximate surface area is 123 Å². The van der Waals surface area contributed by atoms with Gasteiger partial charge < -0.3 is 14.6 Å². The molecule has 0 N–H and O–H groups in total. The monoisotopic (exact) mass is 212 g/mol. The van der Waals surface area contributed by atoms with E-state index >= 15 is 0 Å². The summed E-state index contributed by atoms with van der Waals surface area (Å²) < 4.78 is 4.25. The van der Waals surface area contributed by atoms with Gasteiger partial charge in [-0.1, -0.05) is 39.0 Å². The summed E-state index contributed by atoms with van der Waals surface area (Å²) >= 11 is 0. The minimum Gasteiger partial charge on any atom is -0.550 e. The minimum atomic E-state index is -1.41. The maximum Gasteiger partial charge on any atom is 1.00 e. The van der Waals surface area contributed by atoms with E-state index in [2.05, 4.69) is 11.7 Å². The van der Waals surface area contributed by atoms with Crippen LogP contribution in [0.4, 0.5) is 4.79 Å². The number of ether oxygens (including phenoxy) is 1. The van der Waals surface area contributed by atoms with Gasteiger partial charge in [-0.25, -0.2) is 0 Å². The summed E-state index contributed by atoms with van der Waals surface area (Å²) in [5.74, 6) is 0. The number of rotatable bonds is 7. The van der Waals surface area contributed by atoms with Crippen LogP contribution in [0.3, 0.4) is 0 Å². The van der Waals surface area contributed by atoms with Crippen molar-refractivity contribution in [3.63, 3.8) is 0 Å². The first-order valence-corrected chi connectivity index (χ1v) is 4.61.